The molecule has 0 aromatic heterocycles. The van der Waals surface area contributed by atoms with Crippen LogP contribution in [0.2, 0.25) is 5.02 Å². The monoisotopic (exact) mass is 478 g/mol. The number of methoxy groups -OCH3 is 1. The zero-order valence-corrected chi connectivity index (χ0v) is 19.8. The highest BCUT2D eigenvalue weighted by molar-refractivity contribution is 7.80. The summed E-state index contributed by atoms with van der Waals surface area (Å²) >= 11 is 11.5. The molecule has 0 bridgehead atoms. The molecular weight excluding hydrogens is 456 g/mol. The number of carbonyl (C=O) groups is 1. The smallest absolute Gasteiger partial charge is 0.338 e. The summed E-state index contributed by atoms with van der Waals surface area (Å²) < 4.78 is 11.0. The van der Waals surface area contributed by atoms with Crippen LogP contribution >= 0.6 is 23.8 Å². The number of aryl methyl sites for hydroxylation is 1. The lowest BCUT2D eigenvalue weighted by molar-refractivity contribution is -0.136. The number of hydrogen-bond acceptors (Lipinski definition) is 4. The fourth-order valence-corrected chi connectivity index (χ4v) is 3.94. The zero-order chi connectivity index (χ0) is 23.4. The molecule has 4 rings (SSSR count). The Kier molecular flexibility index (Phi) is 6.96. The highest BCUT2D eigenvalue weighted by Gasteiger charge is 2.32. The summed E-state index contributed by atoms with van der Waals surface area (Å²) in [4.78, 5) is 12.8. The van der Waals surface area contributed by atoms with Gasteiger partial charge in [-0.25, -0.2) is 4.79 Å². The summed E-state index contributed by atoms with van der Waals surface area (Å²) in [7, 11) is 1.36. The molecule has 0 spiro atoms. The fraction of sp³-hybridized carbons (Fsp3) is 0.154. The van der Waals surface area contributed by atoms with Gasteiger partial charge in [0.1, 0.15) is 12.4 Å². The van der Waals surface area contributed by atoms with E-state index in [0.29, 0.717) is 28.0 Å². The SMILES string of the molecule is COC(=O)C1=C(c2ccc(Cl)cc2)NC(=S)N[C@@H]1c1ccc(OCc2ccc(C)cc2)cc1. The van der Waals surface area contributed by atoms with E-state index >= 15 is 0 Å². The van der Waals surface area contributed by atoms with Gasteiger partial charge in [0.15, 0.2) is 5.11 Å². The van der Waals surface area contributed by atoms with Crippen LogP contribution in [0.4, 0.5) is 0 Å². The average molecular weight is 479 g/mol. The maximum atomic E-state index is 12.8. The van der Waals surface area contributed by atoms with Crippen LogP contribution in [0.25, 0.3) is 5.70 Å². The predicted molar refractivity (Wildman–Crippen MR) is 134 cm³/mol. The van der Waals surface area contributed by atoms with Crippen molar-refractivity contribution in [2.24, 2.45) is 0 Å². The quantitative estimate of drug-likeness (QED) is 0.369. The Morgan fingerprint density at radius 1 is 1.00 bits per heavy atom. The number of rotatable bonds is 6. The lowest BCUT2D eigenvalue weighted by atomic mass is 9.93. The van der Waals surface area contributed by atoms with Crippen molar-refractivity contribution in [1.29, 1.82) is 0 Å². The van der Waals surface area contributed by atoms with Gasteiger partial charge in [-0.15, -0.1) is 0 Å². The Morgan fingerprint density at radius 2 is 1.67 bits per heavy atom. The van der Waals surface area contributed by atoms with Crippen LogP contribution in [-0.4, -0.2) is 18.2 Å². The highest BCUT2D eigenvalue weighted by atomic mass is 35.5. The number of thiocarbonyl (C=S) groups is 1. The number of esters is 1. The topological polar surface area (TPSA) is 59.6 Å². The maximum Gasteiger partial charge on any atom is 0.338 e. The van der Waals surface area contributed by atoms with Crippen molar-refractivity contribution in [3.63, 3.8) is 0 Å². The normalized spacial score (nSPS) is 15.5. The molecule has 5 nitrogen and oxygen atoms in total. The molecular formula is C26H23ClN2O3S. The third-order valence-corrected chi connectivity index (χ3v) is 5.82. The lowest BCUT2D eigenvalue weighted by Gasteiger charge is -2.31. The molecule has 0 radical (unpaired) electrons. The number of halogens is 1. The second-order valence-corrected chi connectivity index (χ2v) is 8.51. The molecule has 0 unspecified atom stereocenters. The second-order valence-electron chi connectivity index (χ2n) is 7.66. The maximum absolute atomic E-state index is 12.8. The standard InChI is InChI=1S/C26H23ClN2O3S/c1-16-3-5-17(6-4-16)15-32-21-13-9-19(10-14-21)24-22(25(30)31-2)23(28-26(33)29-24)18-7-11-20(27)12-8-18/h3-14,24H,15H2,1-2H3,(H2,28,29,33)/t24-/m1/s1. The van der Waals surface area contributed by atoms with Crippen molar-refractivity contribution in [2.75, 3.05) is 7.11 Å². The van der Waals surface area contributed by atoms with Gasteiger partial charge >= 0.3 is 5.97 Å². The molecule has 0 aliphatic carbocycles. The van der Waals surface area contributed by atoms with Crippen LogP contribution in [0.1, 0.15) is 28.3 Å². The lowest BCUT2D eigenvalue weighted by Crippen LogP contribution is -2.45. The Bertz CT molecular complexity index is 1190. The molecule has 2 N–H and O–H groups in total. The first-order valence-corrected chi connectivity index (χ1v) is 11.2. The third-order valence-electron chi connectivity index (χ3n) is 5.35. The number of hydrogen-bond donors (Lipinski definition) is 2. The van der Waals surface area contributed by atoms with Gasteiger partial charge in [-0.2, -0.15) is 0 Å². The van der Waals surface area contributed by atoms with E-state index in [1.165, 1.54) is 12.7 Å². The fourth-order valence-electron chi connectivity index (χ4n) is 3.60. The molecule has 3 aromatic rings. The number of ether oxygens (including phenoxy) is 2. The minimum Gasteiger partial charge on any atom is -0.489 e. The van der Waals surface area contributed by atoms with Crippen LogP contribution < -0.4 is 15.4 Å². The summed E-state index contributed by atoms with van der Waals surface area (Å²) in [6.45, 7) is 2.53. The molecule has 1 aliphatic rings. The molecule has 168 valence electrons. The molecule has 0 fully saturated rings. The molecule has 1 heterocycles. The van der Waals surface area contributed by atoms with Crippen LogP contribution in [0, 0.1) is 6.92 Å². The van der Waals surface area contributed by atoms with Crippen molar-refractivity contribution in [2.45, 2.75) is 19.6 Å². The van der Waals surface area contributed by atoms with Crippen molar-refractivity contribution in [3.8, 4) is 5.75 Å². The summed E-state index contributed by atoms with van der Waals surface area (Å²) in [6.07, 6.45) is 0. The largest absolute Gasteiger partial charge is 0.489 e. The third kappa shape index (κ3) is 5.35. The highest BCUT2D eigenvalue weighted by Crippen LogP contribution is 2.33. The van der Waals surface area contributed by atoms with E-state index < -0.39 is 12.0 Å². The van der Waals surface area contributed by atoms with Gasteiger partial charge < -0.3 is 20.1 Å². The van der Waals surface area contributed by atoms with E-state index in [-0.39, 0.29) is 0 Å². The molecule has 3 aromatic carbocycles. The summed E-state index contributed by atoms with van der Waals surface area (Å²) in [5.74, 6) is 0.282. The minimum absolute atomic E-state index is 0.414. The van der Waals surface area contributed by atoms with Crippen molar-refractivity contribution in [1.82, 2.24) is 10.6 Å². The van der Waals surface area contributed by atoms with E-state index in [1.807, 2.05) is 36.4 Å². The Labute approximate surface area is 203 Å². The van der Waals surface area contributed by atoms with Crippen LogP contribution in [0.3, 0.4) is 0 Å². The van der Waals surface area contributed by atoms with Crippen molar-refractivity contribution >= 4 is 40.6 Å². The molecule has 1 aliphatic heterocycles. The summed E-state index contributed by atoms with van der Waals surface area (Å²) in [6, 6.07) is 22.5. The van der Waals surface area contributed by atoms with E-state index in [9.17, 15) is 4.79 Å². The summed E-state index contributed by atoms with van der Waals surface area (Å²) in [5.41, 5.74) is 4.97. The van der Waals surface area contributed by atoms with Crippen LogP contribution in [0.5, 0.6) is 5.75 Å². The van der Waals surface area contributed by atoms with E-state index in [2.05, 4.69) is 41.8 Å². The van der Waals surface area contributed by atoms with Gasteiger partial charge in [0.2, 0.25) is 0 Å². The minimum atomic E-state index is -0.483. The zero-order valence-electron chi connectivity index (χ0n) is 18.2. The second kappa shape index (κ2) is 10.1. The number of benzene rings is 3. The van der Waals surface area contributed by atoms with Crippen LogP contribution in [0.15, 0.2) is 78.4 Å². The molecule has 0 saturated carbocycles. The predicted octanol–water partition coefficient (Wildman–Crippen LogP) is 5.33. The Hall–Kier alpha value is -3.35. The van der Waals surface area contributed by atoms with E-state index in [4.69, 9.17) is 33.3 Å². The first-order chi connectivity index (χ1) is 15.9. The number of nitrogens with one attached hydrogen (secondary N) is 2. The molecule has 7 heteroatoms. The Morgan fingerprint density at radius 3 is 2.30 bits per heavy atom. The first kappa shape index (κ1) is 22.8. The van der Waals surface area contributed by atoms with Crippen molar-refractivity contribution < 1.29 is 14.3 Å². The van der Waals surface area contributed by atoms with Gasteiger partial charge in [-0.3, -0.25) is 0 Å². The summed E-state index contributed by atoms with van der Waals surface area (Å²) in [5, 5.41) is 7.31. The average Bonchev–Trinajstić information content (AvgIpc) is 2.83. The van der Waals surface area contributed by atoms with E-state index in [0.717, 1.165) is 22.4 Å². The first-order valence-electron chi connectivity index (χ1n) is 10.4. The van der Waals surface area contributed by atoms with Crippen LogP contribution in [-0.2, 0) is 16.1 Å². The van der Waals surface area contributed by atoms with Gasteiger partial charge in [-0.1, -0.05) is 65.7 Å². The Balaban J connectivity index is 1.62. The van der Waals surface area contributed by atoms with Gasteiger partial charge in [0.25, 0.3) is 0 Å². The molecule has 33 heavy (non-hydrogen) atoms. The van der Waals surface area contributed by atoms with E-state index in [1.54, 1.807) is 12.1 Å². The van der Waals surface area contributed by atoms with Gasteiger partial charge in [0.05, 0.1) is 24.4 Å². The van der Waals surface area contributed by atoms with Gasteiger partial charge in [-0.05, 0) is 60.1 Å². The number of carbonyl (C=O) groups excluding carboxylic acids is 1. The molecule has 0 amide bonds. The molecule has 1 atom stereocenters. The van der Waals surface area contributed by atoms with Crippen molar-refractivity contribution in [3.05, 3.63) is 106 Å². The van der Waals surface area contributed by atoms with Gasteiger partial charge in [0, 0.05) is 5.02 Å². The molecule has 0 saturated heterocycles.